The van der Waals surface area contributed by atoms with Crippen molar-refractivity contribution >= 4 is 28.7 Å². The van der Waals surface area contributed by atoms with Gasteiger partial charge in [-0.3, -0.25) is 0 Å². The monoisotopic (exact) mass is 429 g/mol. The lowest BCUT2D eigenvalue weighted by molar-refractivity contribution is -0.605. The number of hydrogen-bond donors (Lipinski definition) is 3. The van der Waals surface area contributed by atoms with Crippen molar-refractivity contribution in [1.82, 2.24) is 4.90 Å². The summed E-state index contributed by atoms with van der Waals surface area (Å²) in [6.07, 6.45) is 6.80. The summed E-state index contributed by atoms with van der Waals surface area (Å²) in [6, 6.07) is 3.24. The molecule has 1 fully saturated rings. The Morgan fingerprint density at radius 1 is 1.28 bits per heavy atom. The predicted octanol–water partition coefficient (Wildman–Crippen LogP) is 0.796. The number of aromatic nitrogens is 1. The van der Waals surface area contributed by atoms with E-state index in [1.54, 1.807) is 12.1 Å². The molecule has 0 amide bonds. The zero-order valence-electron chi connectivity index (χ0n) is 15.7. The highest BCUT2D eigenvalue weighted by Crippen LogP contribution is 2.09. The molecule has 0 spiro atoms. The molecule has 0 bridgehead atoms. The molecule has 2 heterocycles. The van der Waals surface area contributed by atoms with Crippen LogP contribution in [0, 0.1) is 5.21 Å². The molecule has 3 N–H and O–H groups in total. The maximum Gasteiger partial charge on any atom is 0.328 e. The second-order valence-electron chi connectivity index (χ2n) is 6.16. The maximum absolute atomic E-state index is 11.1. The van der Waals surface area contributed by atoms with Crippen LogP contribution in [0.4, 0.5) is 0 Å². The molecular formula is C18H24ClN3O7. The van der Waals surface area contributed by atoms with E-state index >= 15 is 0 Å². The first kappa shape index (κ1) is 24.3. The number of aliphatic hydroxyl groups excluding tert-OH is 1. The largest absolute Gasteiger partial charge is 0.619 e. The Bertz CT molecular complexity index is 705. The number of halogens is 1. The second-order valence-corrected chi connectivity index (χ2v) is 6.51. The molecule has 1 saturated heterocycles. The fraction of sp³-hybridized carbons (Fsp3) is 0.444. The summed E-state index contributed by atoms with van der Waals surface area (Å²) in [6.45, 7) is 2.71. The summed E-state index contributed by atoms with van der Waals surface area (Å²) in [7, 11) is 0. The quantitative estimate of drug-likeness (QED) is 0.181. The molecule has 10 nitrogen and oxygen atoms in total. The molecule has 0 aliphatic carbocycles. The van der Waals surface area contributed by atoms with Crippen LogP contribution in [0.25, 0.3) is 0 Å². The van der Waals surface area contributed by atoms with Crippen molar-refractivity contribution in [2.24, 2.45) is 5.16 Å². The van der Waals surface area contributed by atoms with Crippen LogP contribution in [0.15, 0.2) is 41.8 Å². The van der Waals surface area contributed by atoms with Gasteiger partial charge in [-0.25, -0.2) is 9.59 Å². The number of pyridine rings is 1. The van der Waals surface area contributed by atoms with E-state index in [1.165, 1.54) is 31.7 Å². The van der Waals surface area contributed by atoms with Crippen molar-refractivity contribution in [2.75, 3.05) is 26.2 Å². The van der Waals surface area contributed by atoms with Crippen LogP contribution < -0.4 is 4.73 Å². The number of likely N-dealkylation sites (tertiary alicyclic amines) is 1. The number of oxime groups is 1. The first-order valence-electron chi connectivity index (χ1n) is 8.87. The number of hydrogen-bond acceptors (Lipinski definition) is 7. The topological polar surface area (TPSA) is 147 Å². The number of aliphatic carboxylic acids is 2. The third-order valence-corrected chi connectivity index (χ3v) is 4.00. The van der Waals surface area contributed by atoms with Gasteiger partial charge >= 0.3 is 11.9 Å². The van der Waals surface area contributed by atoms with Gasteiger partial charge in [0.05, 0.1) is 5.56 Å². The summed E-state index contributed by atoms with van der Waals surface area (Å²) in [5.74, 6) is -2.51. The van der Waals surface area contributed by atoms with Crippen LogP contribution in [-0.4, -0.2) is 69.7 Å². The van der Waals surface area contributed by atoms with E-state index in [2.05, 4.69) is 10.1 Å². The Balaban J connectivity index is 0.000000447. The minimum absolute atomic E-state index is 0.0803. The van der Waals surface area contributed by atoms with Gasteiger partial charge in [-0.2, -0.15) is 4.73 Å². The Morgan fingerprint density at radius 3 is 2.45 bits per heavy atom. The Labute approximate surface area is 172 Å². The Hall–Kier alpha value is -2.69. The van der Waals surface area contributed by atoms with Crippen LogP contribution in [0.3, 0.4) is 0 Å². The van der Waals surface area contributed by atoms with Gasteiger partial charge in [0.2, 0.25) is 0 Å². The van der Waals surface area contributed by atoms with Gasteiger partial charge in [0.1, 0.15) is 12.7 Å². The highest BCUT2D eigenvalue weighted by Gasteiger charge is 2.15. The molecule has 1 unspecified atom stereocenters. The van der Waals surface area contributed by atoms with Crippen LogP contribution in [0.5, 0.6) is 0 Å². The molecule has 1 aromatic heterocycles. The van der Waals surface area contributed by atoms with Gasteiger partial charge < -0.3 is 30.3 Å². The predicted molar refractivity (Wildman–Crippen MR) is 104 cm³/mol. The third kappa shape index (κ3) is 11.7. The lowest BCUT2D eigenvalue weighted by Crippen LogP contribution is -2.38. The molecule has 0 aromatic carbocycles. The van der Waals surface area contributed by atoms with Crippen molar-refractivity contribution in [3.05, 3.63) is 47.4 Å². The zero-order chi connectivity index (χ0) is 21.6. The Morgan fingerprint density at radius 2 is 1.90 bits per heavy atom. The first-order valence-corrected chi connectivity index (χ1v) is 9.24. The molecular weight excluding hydrogens is 406 g/mol. The molecule has 29 heavy (non-hydrogen) atoms. The van der Waals surface area contributed by atoms with E-state index in [-0.39, 0.29) is 11.8 Å². The normalized spacial score (nSPS) is 16.0. The average molecular weight is 430 g/mol. The van der Waals surface area contributed by atoms with Gasteiger partial charge in [0.15, 0.2) is 17.6 Å². The number of β-amino-alcohol motifs (C(OH)–C–C–N with tert-alkyl or cyclic N) is 1. The van der Waals surface area contributed by atoms with Gasteiger partial charge in [-0.15, -0.1) is 0 Å². The van der Waals surface area contributed by atoms with E-state index in [9.17, 15) is 19.9 Å². The highest BCUT2D eigenvalue weighted by molar-refractivity contribution is 6.69. The molecule has 11 heteroatoms. The first-order chi connectivity index (χ1) is 13.8. The molecule has 1 atom stereocenters. The molecule has 2 rings (SSSR count). The van der Waals surface area contributed by atoms with Gasteiger partial charge in [0, 0.05) is 24.8 Å². The lowest BCUT2D eigenvalue weighted by atomic mass is 10.1. The lowest BCUT2D eigenvalue weighted by Gasteiger charge is -2.27. The summed E-state index contributed by atoms with van der Waals surface area (Å²) in [4.78, 5) is 26.4. The van der Waals surface area contributed by atoms with Crippen LogP contribution in [0.1, 0.15) is 24.8 Å². The van der Waals surface area contributed by atoms with E-state index < -0.39 is 18.0 Å². The smallest absolute Gasteiger partial charge is 0.328 e. The highest BCUT2D eigenvalue weighted by atomic mass is 35.5. The third-order valence-electron chi connectivity index (χ3n) is 3.71. The van der Waals surface area contributed by atoms with Gasteiger partial charge in [-0.05, 0) is 32.0 Å². The summed E-state index contributed by atoms with van der Waals surface area (Å²) in [5, 5.41) is 40.4. The van der Waals surface area contributed by atoms with Crippen molar-refractivity contribution in [2.45, 2.75) is 25.4 Å². The number of carboxylic acids is 2. The van der Waals surface area contributed by atoms with E-state index in [0.717, 1.165) is 13.1 Å². The van der Waals surface area contributed by atoms with Crippen molar-refractivity contribution in [3.63, 3.8) is 0 Å². The number of aliphatic hydroxyl groups is 1. The fourth-order valence-corrected chi connectivity index (χ4v) is 2.61. The van der Waals surface area contributed by atoms with Crippen LogP contribution in [-0.2, 0) is 14.4 Å². The van der Waals surface area contributed by atoms with E-state index in [4.69, 9.17) is 26.7 Å². The van der Waals surface area contributed by atoms with Crippen molar-refractivity contribution in [3.8, 4) is 0 Å². The minimum Gasteiger partial charge on any atom is -0.619 e. The number of carbonyl (C=O) groups is 2. The average Bonchev–Trinajstić information content (AvgIpc) is 2.67. The summed E-state index contributed by atoms with van der Waals surface area (Å²) in [5.41, 5.74) is 0.472. The zero-order valence-corrected chi connectivity index (χ0v) is 16.4. The summed E-state index contributed by atoms with van der Waals surface area (Å²) >= 11 is 5.93. The number of nitrogens with zero attached hydrogens (tertiary/aromatic N) is 3. The van der Waals surface area contributed by atoms with Gasteiger partial charge in [-0.1, -0.05) is 23.2 Å². The molecule has 1 aliphatic heterocycles. The fourth-order valence-electron chi connectivity index (χ4n) is 2.44. The number of piperidine rings is 1. The van der Waals surface area contributed by atoms with Gasteiger partial charge in [0.25, 0.3) is 0 Å². The van der Waals surface area contributed by atoms with Crippen LogP contribution in [0.2, 0.25) is 0 Å². The number of carboxylic acid groups (broad SMARTS) is 2. The standard InChI is InChI=1S/C14H20ClN3O3.C4H4O4/c15-14(12-5-4-8-18(20)9-12)16-21-11-13(19)10-17-6-2-1-3-7-17;5-3(6)1-2-4(7)8/h4-5,8-9,13,19H,1-3,6-7,10-11H2;1-2H,(H,5,6)(H,7,8)/b;2-1-. The molecule has 1 aromatic rings. The van der Waals surface area contributed by atoms with E-state index in [1.807, 2.05) is 0 Å². The maximum atomic E-state index is 11.1. The summed E-state index contributed by atoms with van der Waals surface area (Å²) < 4.78 is 0.637. The van der Waals surface area contributed by atoms with E-state index in [0.29, 0.717) is 29.0 Å². The molecule has 1 aliphatic rings. The van der Waals surface area contributed by atoms with Crippen molar-refractivity contribution < 1.29 is 34.5 Å². The minimum atomic E-state index is -1.26. The number of rotatable bonds is 8. The molecule has 0 radical (unpaired) electrons. The Kier molecular flexibility index (Phi) is 11.3. The van der Waals surface area contributed by atoms with Crippen molar-refractivity contribution in [1.29, 1.82) is 0 Å². The second kappa shape index (κ2) is 13.5. The van der Waals surface area contributed by atoms with Crippen LogP contribution >= 0.6 is 11.6 Å². The SMILES string of the molecule is O=C(O)/C=C\C(=O)O.[O-][n+]1cccc(C(Cl)=NOCC(O)CN2CCCCC2)c1. The molecule has 160 valence electrons. The molecule has 0 saturated carbocycles.